The maximum Gasteiger partial charge on any atom is 0.251 e. The SMILES string of the molecule is CCC(C)NC(=O)c1ccc(CNC(=NC)NCCc2ccc(OC)cc2Cl)cc1. The van der Waals surface area contributed by atoms with Gasteiger partial charge in [-0.3, -0.25) is 9.79 Å². The summed E-state index contributed by atoms with van der Waals surface area (Å²) in [6, 6.07) is 13.4. The third-order valence-electron chi connectivity index (χ3n) is 4.84. The molecule has 1 atom stereocenters. The molecule has 0 saturated carbocycles. The zero-order chi connectivity index (χ0) is 21.9. The van der Waals surface area contributed by atoms with Gasteiger partial charge in [-0.2, -0.15) is 0 Å². The molecule has 1 amide bonds. The van der Waals surface area contributed by atoms with E-state index in [4.69, 9.17) is 16.3 Å². The fourth-order valence-corrected chi connectivity index (χ4v) is 3.03. The normalized spacial score (nSPS) is 12.2. The van der Waals surface area contributed by atoms with Crippen molar-refractivity contribution >= 4 is 23.5 Å². The van der Waals surface area contributed by atoms with E-state index in [1.54, 1.807) is 14.2 Å². The van der Waals surface area contributed by atoms with Crippen LogP contribution < -0.4 is 20.7 Å². The fraction of sp³-hybridized carbons (Fsp3) is 0.391. The van der Waals surface area contributed by atoms with Crippen LogP contribution in [0.15, 0.2) is 47.5 Å². The predicted octanol–water partition coefficient (Wildman–Crippen LogP) is 3.78. The Kier molecular flexibility index (Phi) is 9.48. The van der Waals surface area contributed by atoms with Gasteiger partial charge in [-0.15, -0.1) is 0 Å². The number of benzene rings is 2. The number of ether oxygens (including phenoxy) is 1. The first-order chi connectivity index (χ1) is 14.5. The van der Waals surface area contributed by atoms with E-state index in [-0.39, 0.29) is 11.9 Å². The minimum absolute atomic E-state index is 0.0430. The highest BCUT2D eigenvalue weighted by Crippen LogP contribution is 2.22. The Bertz CT molecular complexity index is 853. The van der Waals surface area contributed by atoms with Gasteiger partial charge in [0, 0.05) is 36.8 Å². The van der Waals surface area contributed by atoms with Crippen molar-refractivity contribution in [3.8, 4) is 5.75 Å². The van der Waals surface area contributed by atoms with Crippen LogP contribution in [-0.2, 0) is 13.0 Å². The van der Waals surface area contributed by atoms with Crippen molar-refractivity contribution in [3.63, 3.8) is 0 Å². The Morgan fingerprint density at radius 2 is 1.90 bits per heavy atom. The average Bonchev–Trinajstić information content (AvgIpc) is 2.77. The van der Waals surface area contributed by atoms with Crippen LogP contribution >= 0.6 is 11.6 Å². The number of guanidine groups is 1. The summed E-state index contributed by atoms with van der Waals surface area (Å²) in [5.41, 5.74) is 2.78. The molecule has 0 fully saturated rings. The lowest BCUT2D eigenvalue weighted by molar-refractivity contribution is 0.0939. The van der Waals surface area contributed by atoms with E-state index in [0.29, 0.717) is 29.6 Å². The Hall–Kier alpha value is -2.73. The van der Waals surface area contributed by atoms with Gasteiger partial charge < -0.3 is 20.7 Å². The van der Waals surface area contributed by atoms with Crippen molar-refractivity contribution in [3.05, 3.63) is 64.2 Å². The summed E-state index contributed by atoms with van der Waals surface area (Å²) in [5.74, 6) is 1.41. The molecular formula is C23H31ClN4O2. The summed E-state index contributed by atoms with van der Waals surface area (Å²) in [7, 11) is 3.36. The van der Waals surface area contributed by atoms with E-state index in [0.717, 1.165) is 29.7 Å². The number of nitrogens with zero attached hydrogens (tertiary/aromatic N) is 1. The first kappa shape index (κ1) is 23.5. The van der Waals surface area contributed by atoms with E-state index >= 15 is 0 Å². The summed E-state index contributed by atoms with van der Waals surface area (Å²) < 4.78 is 5.18. The van der Waals surface area contributed by atoms with Gasteiger partial charge in [0.1, 0.15) is 5.75 Å². The quantitative estimate of drug-likeness (QED) is 0.418. The lowest BCUT2D eigenvalue weighted by atomic mass is 10.1. The van der Waals surface area contributed by atoms with E-state index in [9.17, 15) is 4.79 Å². The number of carbonyl (C=O) groups is 1. The van der Waals surface area contributed by atoms with Crippen LogP contribution in [0.3, 0.4) is 0 Å². The first-order valence-corrected chi connectivity index (χ1v) is 10.5. The van der Waals surface area contributed by atoms with Crippen LogP contribution in [0, 0.1) is 0 Å². The van der Waals surface area contributed by atoms with Crippen LogP contribution in [0.1, 0.15) is 41.8 Å². The highest BCUT2D eigenvalue weighted by Gasteiger charge is 2.08. The summed E-state index contributed by atoms with van der Waals surface area (Å²) in [4.78, 5) is 16.4. The summed E-state index contributed by atoms with van der Waals surface area (Å²) >= 11 is 6.29. The van der Waals surface area contributed by atoms with E-state index < -0.39 is 0 Å². The molecule has 1 unspecified atom stereocenters. The number of aliphatic imine (C=N–C) groups is 1. The molecule has 0 radical (unpaired) electrons. The zero-order valence-corrected chi connectivity index (χ0v) is 18.8. The van der Waals surface area contributed by atoms with Crippen LogP contribution in [-0.4, -0.2) is 38.6 Å². The molecule has 0 heterocycles. The number of rotatable bonds is 9. The molecule has 2 aromatic rings. The van der Waals surface area contributed by atoms with Gasteiger partial charge in [0.2, 0.25) is 0 Å². The molecule has 2 rings (SSSR count). The van der Waals surface area contributed by atoms with Gasteiger partial charge in [0.25, 0.3) is 5.91 Å². The zero-order valence-electron chi connectivity index (χ0n) is 18.1. The van der Waals surface area contributed by atoms with E-state index in [1.165, 1.54) is 0 Å². The largest absolute Gasteiger partial charge is 0.497 e. The second-order valence-corrected chi connectivity index (χ2v) is 7.45. The molecule has 30 heavy (non-hydrogen) atoms. The number of hydrogen-bond donors (Lipinski definition) is 3. The Morgan fingerprint density at radius 3 is 2.50 bits per heavy atom. The smallest absolute Gasteiger partial charge is 0.251 e. The lowest BCUT2D eigenvalue weighted by Gasteiger charge is -2.14. The van der Waals surface area contributed by atoms with E-state index in [2.05, 4.69) is 20.9 Å². The van der Waals surface area contributed by atoms with Gasteiger partial charge in [0.15, 0.2) is 5.96 Å². The molecule has 7 heteroatoms. The maximum absolute atomic E-state index is 12.2. The predicted molar refractivity (Wildman–Crippen MR) is 124 cm³/mol. The molecule has 0 aromatic heterocycles. The molecule has 0 spiro atoms. The molecule has 6 nitrogen and oxygen atoms in total. The van der Waals surface area contributed by atoms with Crippen molar-refractivity contribution in [2.24, 2.45) is 4.99 Å². The molecule has 162 valence electrons. The number of methoxy groups -OCH3 is 1. The standard InChI is InChI=1S/C23H31ClN4O2/c1-5-16(2)28-22(29)19-8-6-17(7-9-19)15-27-23(25-3)26-13-12-18-10-11-20(30-4)14-21(18)24/h6-11,14,16H,5,12-13,15H2,1-4H3,(H,28,29)(H2,25,26,27). The monoisotopic (exact) mass is 430 g/mol. The molecule has 0 aliphatic rings. The van der Waals surface area contributed by atoms with Gasteiger partial charge in [-0.25, -0.2) is 0 Å². The second kappa shape index (κ2) is 12.1. The molecule has 0 aliphatic carbocycles. The third-order valence-corrected chi connectivity index (χ3v) is 5.19. The number of nitrogens with one attached hydrogen (secondary N) is 3. The maximum atomic E-state index is 12.2. The molecular weight excluding hydrogens is 400 g/mol. The van der Waals surface area contributed by atoms with Crippen LogP contribution in [0.5, 0.6) is 5.75 Å². The van der Waals surface area contributed by atoms with Crippen molar-refractivity contribution in [2.75, 3.05) is 20.7 Å². The summed E-state index contributed by atoms with van der Waals surface area (Å²) in [6.07, 6.45) is 1.67. The van der Waals surface area contributed by atoms with Crippen molar-refractivity contribution in [1.29, 1.82) is 0 Å². The Balaban J connectivity index is 1.80. The molecule has 0 aliphatic heterocycles. The molecule has 2 aromatic carbocycles. The minimum atomic E-state index is -0.0430. The fourth-order valence-electron chi connectivity index (χ4n) is 2.76. The lowest BCUT2D eigenvalue weighted by Crippen LogP contribution is -2.37. The number of carbonyl (C=O) groups excluding carboxylic acids is 1. The molecule has 3 N–H and O–H groups in total. The number of hydrogen-bond acceptors (Lipinski definition) is 3. The minimum Gasteiger partial charge on any atom is -0.497 e. The highest BCUT2D eigenvalue weighted by atomic mass is 35.5. The van der Waals surface area contributed by atoms with Gasteiger partial charge in [-0.1, -0.05) is 36.7 Å². The van der Waals surface area contributed by atoms with Gasteiger partial charge in [-0.05, 0) is 55.2 Å². The topological polar surface area (TPSA) is 74.8 Å². The average molecular weight is 431 g/mol. The summed E-state index contributed by atoms with van der Waals surface area (Å²) in [5, 5.41) is 10.2. The second-order valence-electron chi connectivity index (χ2n) is 7.04. The Labute approximate surface area is 184 Å². The number of halogens is 1. The van der Waals surface area contributed by atoms with Crippen molar-refractivity contribution in [1.82, 2.24) is 16.0 Å². The Morgan fingerprint density at radius 1 is 1.17 bits per heavy atom. The first-order valence-electron chi connectivity index (χ1n) is 10.1. The number of amides is 1. The van der Waals surface area contributed by atoms with Crippen LogP contribution in [0.4, 0.5) is 0 Å². The summed E-state index contributed by atoms with van der Waals surface area (Å²) in [6.45, 7) is 5.35. The van der Waals surface area contributed by atoms with Crippen molar-refractivity contribution < 1.29 is 9.53 Å². The van der Waals surface area contributed by atoms with Crippen molar-refractivity contribution in [2.45, 2.75) is 39.3 Å². The van der Waals surface area contributed by atoms with E-state index in [1.807, 2.05) is 56.3 Å². The van der Waals surface area contributed by atoms with Gasteiger partial charge >= 0.3 is 0 Å². The van der Waals surface area contributed by atoms with Crippen LogP contribution in [0.2, 0.25) is 5.02 Å². The molecule has 0 bridgehead atoms. The molecule has 0 saturated heterocycles. The van der Waals surface area contributed by atoms with Crippen LogP contribution in [0.25, 0.3) is 0 Å². The third kappa shape index (κ3) is 7.26. The van der Waals surface area contributed by atoms with Gasteiger partial charge in [0.05, 0.1) is 7.11 Å². The highest BCUT2D eigenvalue weighted by molar-refractivity contribution is 6.31.